The van der Waals surface area contributed by atoms with Gasteiger partial charge in [0.15, 0.2) is 0 Å². The summed E-state index contributed by atoms with van der Waals surface area (Å²) in [4.78, 5) is 15.0. The van der Waals surface area contributed by atoms with Crippen molar-refractivity contribution in [3.8, 4) is 0 Å². The molecule has 0 aliphatic carbocycles. The summed E-state index contributed by atoms with van der Waals surface area (Å²) >= 11 is 0. The van der Waals surface area contributed by atoms with Gasteiger partial charge in [-0.3, -0.25) is 4.79 Å². The van der Waals surface area contributed by atoms with Crippen molar-refractivity contribution < 1.29 is 13.2 Å². The van der Waals surface area contributed by atoms with Crippen molar-refractivity contribution >= 4 is 21.6 Å². The molecule has 3 rings (SSSR count). The SMILES string of the molecule is CCN(CC)S(=O)(=O)c1cc(C(=O)N2CCCc3ccccc32)n(C)c1. The first kappa shape index (κ1) is 18.7. The monoisotopic (exact) mass is 375 g/mol. The lowest BCUT2D eigenvalue weighted by Crippen LogP contribution is -2.36. The van der Waals surface area contributed by atoms with Crippen LogP contribution in [0.5, 0.6) is 0 Å². The van der Waals surface area contributed by atoms with E-state index in [9.17, 15) is 13.2 Å². The zero-order valence-electron chi connectivity index (χ0n) is 15.5. The molecule has 2 heterocycles. The Labute approximate surface area is 155 Å². The second-order valence-electron chi connectivity index (χ2n) is 6.45. The molecule has 6 nitrogen and oxygen atoms in total. The Bertz CT molecular complexity index is 914. The van der Waals surface area contributed by atoms with E-state index in [0.717, 1.165) is 24.1 Å². The van der Waals surface area contributed by atoms with E-state index >= 15 is 0 Å². The summed E-state index contributed by atoms with van der Waals surface area (Å²) in [5.74, 6) is -0.166. The van der Waals surface area contributed by atoms with Gasteiger partial charge in [0.25, 0.3) is 5.91 Å². The minimum atomic E-state index is -3.59. The average molecular weight is 375 g/mol. The van der Waals surface area contributed by atoms with Gasteiger partial charge in [0, 0.05) is 38.6 Å². The summed E-state index contributed by atoms with van der Waals surface area (Å²) in [7, 11) is -1.87. The predicted molar refractivity (Wildman–Crippen MR) is 102 cm³/mol. The molecule has 1 aromatic heterocycles. The van der Waals surface area contributed by atoms with Crippen LogP contribution >= 0.6 is 0 Å². The molecule has 0 radical (unpaired) electrons. The normalized spacial score (nSPS) is 14.5. The van der Waals surface area contributed by atoms with E-state index in [-0.39, 0.29) is 10.8 Å². The number of para-hydroxylation sites is 1. The number of anilines is 1. The number of amides is 1. The van der Waals surface area contributed by atoms with E-state index in [1.54, 1.807) is 30.4 Å². The summed E-state index contributed by atoms with van der Waals surface area (Å²) in [6.45, 7) is 5.05. The predicted octanol–water partition coefficient (Wildman–Crippen LogP) is 2.65. The van der Waals surface area contributed by atoms with Crippen molar-refractivity contribution in [2.75, 3.05) is 24.5 Å². The molecule has 1 aliphatic heterocycles. The first-order valence-corrected chi connectivity index (χ1v) is 10.4. The number of aromatic nitrogens is 1. The quantitative estimate of drug-likeness (QED) is 0.807. The number of hydrogen-bond acceptors (Lipinski definition) is 3. The van der Waals surface area contributed by atoms with Gasteiger partial charge in [-0.05, 0) is 30.5 Å². The highest BCUT2D eigenvalue weighted by atomic mass is 32.2. The third-order valence-electron chi connectivity index (χ3n) is 4.90. The molecule has 1 aliphatic rings. The smallest absolute Gasteiger partial charge is 0.274 e. The molecule has 0 N–H and O–H groups in total. The fraction of sp³-hybridized carbons (Fsp3) is 0.421. The molecule has 0 fully saturated rings. The van der Waals surface area contributed by atoms with Gasteiger partial charge in [0.1, 0.15) is 10.6 Å². The van der Waals surface area contributed by atoms with E-state index in [0.29, 0.717) is 25.3 Å². The zero-order valence-corrected chi connectivity index (χ0v) is 16.3. The maximum absolute atomic E-state index is 13.1. The second kappa shape index (κ2) is 7.25. The van der Waals surface area contributed by atoms with Gasteiger partial charge in [-0.25, -0.2) is 8.42 Å². The molecule has 0 spiro atoms. The third-order valence-corrected chi connectivity index (χ3v) is 6.91. The molecule has 0 saturated heterocycles. The van der Waals surface area contributed by atoms with Crippen LogP contribution < -0.4 is 4.90 Å². The molecule has 1 aromatic carbocycles. The number of carbonyl (C=O) groups is 1. The molecule has 0 bridgehead atoms. The topological polar surface area (TPSA) is 62.6 Å². The van der Waals surface area contributed by atoms with Crippen LogP contribution in [0, 0.1) is 0 Å². The van der Waals surface area contributed by atoms with Crippen LogP contribution in [0.3, 0.4) is 0 Å². The third kappa shape index (κ3) is 3.17. The van der Waals surface area contributed by atoms with Gasteiger partial charge in [0.2, 0.25) is 10.0 Å². The van der Waals surface area contributed by atoms with Crippen molar-refractivity contribution in [1.82, 2.24) is 8.87 Å². The van der Waals surface area contributed by atoms with E-state index in [1.165, 1.54) is 16.6 Å². The van der Waals surface area contributed by atoms with Crippen LogP contribution in [-0.2, 0) is 23.5 Å². The summed E-state index contributed by atoms with van der Waals surface area (Å²) in [5.41, 5.74) is 2.45. The maximum atomic E-state index is 13.1. The highest BCUT2D eigenvalue weighted by molar-refractivity contribution is 7.89. The van der Waals surface area contributed by atoms with Crippen LogP contribution in [-0.4, -0.2) is 42.8 Å². The van der Waals surface area contributed by atoms with E-state index < -0.39 is 10.0 Å². The highest BCUT2D eigenvalue weighted by Crippen LogP contribution is 2.29. The Morgan fingerprint density at radius 2 is 1.88 bits per heavy atom. The van der Waals surface area contributed by atoms with Gasteiger partial charge in [-0.15, -0.1) is 0 Å². The van der Waals surface area contributed by atoms with E-state index in [2.05, 4.69) is 0 Å². The lowest BCUT2D eigenvalue weighted by Gasteiger charge is -2.29. The van der Waals surface area contributed by atoms with Crippen molar-refractivity contribution in [3.05, 3.63) is 47.8 Å². The first-order chi connectivity index (χ1) is 12.4. The highest BCUT2D eigenvalue weighted by Gasteiger charge is 2.29. The van der Waals surface area contributed by atoms with Gasteiger partial charge in [-0.1, -0.05) is 32.0 Å². The molecule has 0 saturated carbocycles. The van der Waals surface area contributed by atoms with Gasteiger partial charge < -0.3 is 9.47 Å². The number of hydrogen-bond donors (Lipinski definition) is 0. The fourth-order valence-electron chi connectivity index (χ4n) is 3.48. The summed E-state index contributed by atoms with van der Waals surface area (Å²) in [6, 6.07) is 9.38. The van der Waals surface area contributed by atoms with Gasteiger partial charge in [-0.2, -0.15) is 4.31 Å². The van der Waals surface area contributed by atoms with E-state index in [4.69, 9.17) is 0 Å². The van der Waals surface area contributed by atoms with Crippen LogP contribution in [0.2, 0.25) is 0 Å². The van der Waals surface area contributed by atoms with Crippen molar-refractivity contribution in [3.63, 3.8) is 0 Å². The maximum Gasteiger partial charge on any atom is 0.274 e. The number of rotatable bonds is 5. The van der Waals surface area contributed by atoms with Crippen LogP contribution in [0.1, 0.15) is 36.3 Å². The molecule has 26 heavy (non-hydrogen) atoms. The van der Waals surface area contributed by atoms with Gasteiger partial charge >= 0.3 is 0 Å². The molecule has 140 valence electrons. The summed E-state index contributed by atoms with van der Waals surface area (Å²) in [5, 5.41) is 0. The van der Waals surface area contributed by atoms with Crippen LogP contribution in [0.4, 0.5) is 5.69 Å². The molecule has 0 unspecified atom stereocenters. The standard InChI is InChI=1S/C19H25N3O3S/c1-4-21(5-2)26(24,25)16-13-18(20(3)14-16)19(23)22-12-8-10-15-9-6-7-11-17(15)22/h6-7,9,11,13-14H,4-5,8,10,12H2,1-3H3. The molecular formula is C19H25N3O3S. The summed E-state index contributed by atoms with van der Waals surface area (Å²) in [6.07, 6.45) is 3.38. The number of sulfonamides is 1. The Hall–Kier alpha value is -2.12. The molecule has 1 amide bonds. The van der Waals surface area contributed by atoms with Crippen molar-refractivity contribution in [1.29, 1.82) is 0 Å². The van der Waals surface area contributed by atoms with E-state index in [1.807, 2.05) is 24.3 Å². The molecule has 7 heteroatoms. The van der Waals surface area contributed by atoms with Crippen LogP contribution in [0.15, 0.2) is 41.4 Å². The lowest BCUT2D eigenvalue weighted by atomic mass is 10.0. The second-order valence-corrected chi connectivity index (χ2v) is 8.39. The summed E-state index contributed by atoms with van der Waals surface area (Å²) < 4.78 is 28.5. The molecule has 2 aromatic rings. The molecular weight excluding hydrogens is 350 g/mol. The number of fused-ring (bicyclic) bond motifs is 1. The fourth-order valence-corrected chi connectivity index (χ4v) is 5.01. The zero-order chi connectivity index (χ0) is 18.9. The number of benzene rings is 1. The Morgan fingerprint density at radius 1 is 1.19 bits per heavy atom. The average Bonchev–Trinajstić information content (AvgIpc) is 3.04. The first-order valence-electron chi connectivity index (χ1n) is 8.96. The lowest BCUT2D eigenvalue weighted by molar-refractivity contribution is 0.0977. The largest absolute Gasteiger partial charge is 0.345 e. The Kier molecular flexibility index (Phi) is 5.20. The Morgan fingerprint density at radius 3 is 2.58 bits per heavy atom. The van der Waals surface area contributed by atoms with Crippen molar-refractivity contribution in [2.24, 2.45) is 7.05 Å². The number of aryl methyl sites for hydroxylation is 2. The van der Waals surface area contributed by atoms with Crippen molar-refractivity contribution in [2.45, 2.75) is 31.6 Å². The van der Waals surface area contributed by atoms with Crippen LogP contribution in [0.25, 0.3) is 0 Å². The minimum absolute atomic E-state index is 0.164. The minimum Gasteiger partial charge on any atom is -0.345 e. The molecule has 0 atom stereocenters. The van der Waals surface area contributed by atoms with Gasteiger partial charge in [0.05, 0.1) is 0 Å². The number of nitrogens with zero attached hydrogens (tertiary/aromatic N) is 3. The Balaban J connectivity index is 1.97. The number of carbonyl (C=O) groups excluding carboxylic acids is 1.